The first-order valence-electron chi connectivity index (χ1n) is 6.23. The predicted octanol–water partition coefficient (Wildman–Crippen LogP) is 0.373. The fraction of sp³-hybridized carbons (Fsp3) is 0.727. The van der Waals surface area contributed by atoms with Gasteiger partial charge in [-0.1, -0.05) is 13.8 Å². The summed E-state index contributed by atoms with van der Waals surface area (Å²) in [7, 11) is 0. The van der Waals surface area contributed by atoms with Gasteiger partial charge in [0.25, 0.3) is 0 Å². The van der Waals surface area contributed by atoms with E-state index in [1.54, 1.807) is 0 Å². The third-order valence-electron chi connectivity index (χ3n) is 2.40. The van der Waals surface area contributed by atoms with Crippen molar-refractivity contribution in [1.29, 1.82) is 0 Å². The molecule has 1 aromatic rings. The second kappa shape index (κ2) is 7.05. The molecule has 1 aromatic heterocycles. The molecule has 0 aliphatic carbocycles. The van der Waals surface area contributed by atoms with Crippen molar-refractivity contribution in [3.05, 3.63) is 0 Å². The Hall–Kier alpha value is -1.67. The molecule has 0 aliphatic rings. The average Bonchev–Trinajstić information content (AvgIpc) is 2.34. The van der Waals surface area contributed by atoms with Crippen LogP contribution in [-0.2, 0) is 0 Å². The SMILES string of the molecule is CC(C)Oc1nc(NN)nc(NC(CO)C(C)C)n1. The van der Waals surface area contributed by atoms with E-state index in [0.717, 1.165) is 0 Å². The van der Waals surface area contributed by atoms with Crippen molar-refractivity contribution in [2.75, 3.05) is 17.3 Å². The Labute approximate surface area is 112 Å². The van der Waals surface area contributed by atoms with Crippen LogP contribution in [-0.4, -0.2) is 38.8 Å². The van der Waals surface area contributed by atoms with E-state index in [0.29, 0.717) is 5.95 Å². The first-order chi connectivity index (χ1) is 8.96. The van der Waals surface area contributed by atoms with E-state index >= 15 is 0 Å². The van der Waals surface area contributed by atoms with Crippen molar-refractivity contribution < 1.29 is 9.84 Å². The number of rotatable bonds is 7. The van der Waals surface area contributed by atoms with Gasteiger partial charge >= 0.3 is 6.01 Å². The highest BCUT2D eigenvalue weighted by Crippen LogP contribution is 2.14. The zero-order chi connectivity index (χ0) is 14.4. The van der Waals surface area contributed by atoms with Crippen molar-refractivity contribution in [3.8, 4) is 6.01 Å². The van der Waals surface area contributed by atoms with E-state index in [-0.39, 0.29) is 36.6 Å². The minimum Gasteiger partial charge on any atom is -0.461 e. The second-order valence-electron chi connectivity index (χ2n) is 4.75. The summed E-state index contributed by atoms with van der Waals surface area (Å²) in [6.07, 6.45) is -0.0559. The number of anilines is 2. The number of aliphatic hydroxyl groups is 1. The molecule has 8 heteroatoms. The summed E-state index contributed by atoms with van der Waals surface area (Å²) in [6, 6.07) is 0.0285. The lowest BCUT2D eigenvalue weighted by Gasteiger charge is -2.20. The van der Waals surface area contributed by atoms with Gasteiger partial charge in [-0.3, -0.25) is 5.43 Å². The van der Waals surface area contributed by atoms with Crippen molar-refractivity contribution in [1.82, 2.24) is 15.0 Å². The lowest BCUT2D eigenvalue weighted by Crippen LogP contribution is -2.30. The highest BCUT2D eigenvalue weighted by molar-refractivity contribution is 5.35. The van der Waals surface area contributed by atoms with E-state index in [2.05, 4.69) is 25.7 Å². The summed E-state index contributed by atoms with van der Waals surface area (Å²) < 4.78 is 5.41. The first-order valence-corrected chi connectivity index (χ1v) is 6.23. The number of hydrogen-bond donors (Lipinski definition) is 4. The quantitative estimate of drug-likeness (QED) is 0.414. The number of ether oxygens (including phenoxy) is 1. The molecule has 0 radical (unpaired) electrons. The molecular formula is C11H22N6O2. The van der Waals surface area contributed by atoms with E-state index in [1.807, 2.05) is 27.7 Å². The zero-order valence-corrected chi connectivity index (χ0v) is 11.7. The number of hydrazine groups is 1. The molecule has 0 bridgehead atoms. The molecule has 0 saturated carbocycles. The number of nitrogens with one attached hydrogen (secondary N) is 2. The first kappa shape index (κ1) is 15.4. The molecule has 1 atom stereocenters. The van der Waals surface area contributed by atoms with E-state index in [9.17, 15) is 5.11 Å². The van der Waals surface area contributed by atoms with Gasteiger partial charge in [-0.25, -0.2) is 5.84 Å². The smallest absolute Gasteiger partial charge is 0.323 e. The van der Waals surface area contributed by atoms with Gasteiger partial charge in [0.15, 0.2) is 0 Å². The van der Waals surface area contributed by atoms with Crippen LogP contribution in [0.4, 0.5) is 11.9 Å². The third-order valence-corrected chi connectivity index (χ3v) is 2.40. The molecule has 1 heterocycles. The summed E-state index contributed by atoms with van der Waals surface area (Å²) in [5.74, 6) is 6.05. The number of aliphatic hydroxyl groups excluding tert-OH is 1. The predicted molar refractivity (Wildman–Crippen MR) is 72.7 cm³/mol. The topological polar surface area (TPSA) is 118 Å². The van der Waals surface area contributed by atoms with Gasteiger partial charge in [-0.15, -0.1) is 0 Å². The number of nitrogen functional groups attached to an aromatic ring is 1. The second-order valence-corrected chi connectivity index (χ2v) is 4.75. The maximum atomic E-state index is 9.29. The van der Waals surface area contributed by atoms with Crippen LogP contribution >= 0.6 is 0 Å². The van der Waals surface area contributed by atoms with Gasteiger partial charge in [0.05, 0.1) is 18.8 Å². The number of hydrogen-bond acceptors (Lipinski definition) is 8. The Morgan fingerprint density at radius 2 is 1.79 bits per heavy atom. The molecule has 19 heavy (non-hydrogen) atoms. The Balaban J connectivity index is 2.92. The molecule has 0 fully saturated rings. The van der Waals surface area contributed by atoms with Gasteiger partial charge in [0.1, 0.15) is 0 Å². The summed E-state index contributed by atoms with van der Waals surface area (Å²) in [5, 5.41) is 12.3. The van der Waals surface area contributed by atoms with Crippen LogP contribution in [0, 0.1) is 5.92 Å². The zero-order valence-electron chi connectivity index (χ0n) is 11.7. The number of aromatic nitrogens is 3. The third kappa shape index (κ3) is 4.84. The average molecular weight is 270 g/mol. The van der Waals surface area contributed by atoms with Gasteiger partial charge in [-0.05, 0) is 19.8 Å². The number of nitrogens with zero attached hydrogens (tertiary/aromatic N) is 3. The summed E-state index contributed by atoms with van der Waals surface area (Å²) in [6.45, 7) is 7.70. The van der Waals surface area contributed by atoms with E-state index in [1.165, 1.54) is 0 Å². The molecule has 0 saturated heterocycles. The van der Waals surface area contributed by atoms with Crippen LogP contribution in [0.1, 0.15) is 27.7 Å². The van der Waals surface area contributed by atoms with Crippen LogP contribution in [0.3, 0.4) is 0 Å². The molecule has 1 rings (SSSR count). The lowest BCUT2D eigenvalue weighted by atomic mass is 10.1. The van der Waals surface area contributed by atoms with Crippen LogP contribution < -0.4 is 21.3 Å². The van der Waals surface area contributed by atoms with Crippen molar-refractivity contribution in [2.24, 2.45) is 11.8 Å². The molecule has 0 aliphatic heterocycles. The Kier molecular flexibility index (Phi) is 5.71. The summed E-state index contributed by atoms with van der Waals surface area (Å²) in [4.78, 5) is 12.2. The molecule has 5 N–H and O–H groups in total. The number of nitrogens with two attached hydrogens (primary N) is 1. The standard InChI is InChI=1S/C11H22N6O2/c1-6(2)8(5-18)13-9-14-10(17-12)16-11(15-9)19-7(3)4/h6-8,18H,5,12H2,1-4H3,(H2,13,14,15,16,17). The monoisotopic (exact) mass is 270 g/mol. The summed E-state index contributed by atoms with van der Waals surface area (Å²) >= 11 is 0. The molecule has 0 spiro atoms. The lowest BCUT2D eigenvalue weighted by molar-refractivity contribution is 0.221. The van der Waals surface area contributed by atoms with Crippen LogP contribution in [0.25, 0.3) is 0 Å². The minimum absolute atomic E-state index is 0.0187. The molecule has 1 unspecified atom stereocenters. The highest BCUT2D eigenvalue weighted by atomic mass is 16.5. The van der Waals surface area contributed by atoms with Crippen molar-refractivity contribution in [2.45, 2.75) is 39.8 Å². The van der Waals surface area contributed by atoms with Gasteiger partial charge in [0.2, 0.25) is 11.9 Å². The molecular weight excluding hydrogens is 248 g/mol. The molecule has 8 nitrogen and oxygen atoms in total. The molecule has 108 valence electrons. The normalized spacial score (nSPS) is 12.6. The Morgan fingerprint density at radius 1 is 1.16 bits per heavy atom. The minimum atomic E-state index is -0.153. The molecule has 0 aromatic carbocycles. The highest BCUT2D eigenvalue weighted by Gasteiger charge is 2.15. The van der Waals surface area contributed by atoms with Crippen LogP contribution in [0.15, 0.2) is 0 Å². The fourth-order valence-electron chi connectivity index (χ4n) is 1.34. The fourth-order valence-corrected chi connectivity index (χ4v) is 1.34. The summed E-state index contributed by atoms with van der Waals surface area (Å²) in [5.41, 5.74) is 2.36. The van der Waals surface area contributed by atoms with Gasteiger partial charge < -0.3 is 15.2 Å². The van der Waals surface area contributed by atoms with Gasteiger partial charge in [0, 0.05) is 0 Å². The van der Waals surface area contributed by atoms with Gasteiger partial charge in [-0.2, -0.15) is 15.0 Å². The maximum Gasteiger partial charge on any atom is 0.323 e. The van der Waals surface area contributed by atoms with Crippen molar-refractivity contribution >= 4 is 11.9 Å². The van der Waals surface area contributed by atoms with Crippen LogP contribution in [0.5, 0.6) is 6.01 Å². The Morgan fingerprint density at radius 3 is 2.26 bits per heavy atom. The van der Waals surface area contributed by atoms with E-state index in [4.69, 9.17) is 10.6 Å². The van der Waals surface area contributed by atoms with Crippen LogP contribution in [0.2, 0.25) is 0 Å². The molecule has 0 amide bonds. The Bertz CT molecular complexity index is 399. The largest absolute Gasteiger partial charge is 0.461 e. The maximum absolute atomic E-state index is 9.29. The van der Waals surface area contributed by atoms with Crippen molar-refractivity contribution in [3.63, 3.8) is 0 Å². The van der Waals surface area contributed by atoms with E-state index < -0.39 is 0 Å².